The molecule has 7 heteroatoms. The zero-order chi connectivity index (χ0) is 20.9. The molecule has 7 nitrogen and oxygen atoms in total. The van der Waals surface area contributed by atoms with Crippen molar-refractivity contribution in [2.75, 3.05) is 16.5 Å². The van der Waals surface area contributed by atoms with E-state index in [4.69, 9.17) is 5.73 Å². The van der Waals surface area contributed by atoms with Gasteiger partial charge in [0, 0.05) is 5.56 Å². The Labute approximate surface area is 174 Å². The normalized spacial score (nSPS) is 11.6. The molecule has 0 fully saturated rings. The summed E-state index contributed by atoms with van der Waals surface area (Å²) in [5.41, 5.74) is 13.7. The number of aromatic nitrogens is 2. The fourth-order valence-electron chi connectivity index (χ4n) is 3.25. The SMILES string of the molecule is CC(Nc1ncnc(NNC(=O)c2cccc3ccccc23)c1N)c1ccccc1. The van der Waals surface area contributed by atoms with Crippen LogP contribution in [0.1, 0.15) is 28.9 Å². The molecule has 0 saturated carbocycles. The van der Waals surface area contributed by atoms with Crippen LogP contribution in [0.2, 0.25) is 0 Å². The summed E-state index contributed by atoms with van der Waals surface area (Å²) in [4.78, 5) is 21.1. The van der Waals surface area contributed by atoms with Crippen LogP contribution in [0.25, 0.3) is 10.8 Å². The molecule has 0 bridgehead atoms. The number of carbonyl (C=O) groups excluding carboxylic acids is 1. The number of nitrogens with one attached hydrogen (secondary N) is 3. The second-order valence-corrected chi connectivity index (χ2v) is 6.87. The molecular formula is C23H22N6O. The number of anilines is 3. The number of fused-ring (bicyclic) bond motifs is 1. The van der Waals surface area contributed by atoms with E-state index < -0.39 is 0 Å². The van der Waals surface area contributed by atoms with Crippen molar-refractivity contribution in [2.45, 2.75) is 13.0 Å². The molecule has 1 atom stereocenters. The first kappa shape index (κ1) is 19.2. The Bertz CT molecular complexity index is 1170. The van der Waals surface area contributed by atoms with Gasteiger partial charge in [-0.3, -0.25) is 15.6 Å². The first-order chi connectivity index (χ1) is 14.6. The average molecular weight is 398 g/mol. The van der Waals surface area contributed by atoms with Gasteiger partial charge in [-0.15, -0.1) is 0 Å². The molecule has 0 saturated heterocycles. The highest BCUT2D eigenvalue weighted by atomic mass is 16.2. The van der Waals surface area contributed by atoms with Crippen LogP contribution in [0.15, 0.2) is 79.1 Å². The molecule has 0 spiro atoms. The monoisotopic (exact) mass is 398 g/mol. The minimum atomic E-state index is -0.281. The summed E-state index contributed by atoms with van der Waals surface area (Å²) in [6, 6.07) is 23.3. The molecule has 0 aliphatic carbocycles. The fourth-order valence-corrected chi connectivity index (χ4v) is 3.25. The van der Waals surface area contributed by atoms with Crippen LogP contribution in [-0.2, 0) is 0 Å². The van der Waals surface area contributed by atoms with E-state index in [9.17, 15) is 4.79 Å². The van der Waals surface area contributed by atoms with E-state index in [-0.39, 0.29) is 11.9 Å². The summed E-state index contributed by atoms with van der Waals surface area (Å²) in [7, 11) is 0. The van der Waals surface area contributed by atoms with E-state index in [0.717, 1.165) is 16.3 Å². The van der Waals surface area contributed by atoms with Gasteiger partial charge in [-0.25, -0.2) is 9.97 Å². The maximum atomic E-state index is 12.7. The quantitative estimate of drug-likeness (QED) is 0.364. The Morgan fingerprint density at radius 3 is 2.43 bits per heavy atom. The van der Waals surface area contributed by atoms with E-state index in [2.05, 4.69) is 26.1 Å². The first-order valence-electron chi connectivity index (χ1n) is 9.59. The van der Waals surface area contributed by atoms with Gasteiger partial charge < -0.3 is 11.1 Å². The van der Waals surface area contributed by atoms with Crippen molar-refractivity contribution < 1.29 is 4.79 Å². The number of hydrazine groups is 1. The van der Waals surface area contributed by atoms with E-state index >= 15 is 0 Å². The Hall–Kier alpha value is -4.13. The van der Waals surface area contributed by atoms with Crippen molar-refractivity contribution in [3.8, 4) is 0 Å². The number of nitrogens with two attached hydrogens (primary N) is 1. The lowest BCUT2D eigenvalue weighted by Crippen LogP contribution is -2.30. The lowest BCUT2D eigenvalue weighted by Gasteiger charge is -2.18. The summed E-state index contributed by atoms with van der Waals surface area (Å²) in [6.45, 7) is 2.02. The number of benzene rings is 3. The molecule has 3 aromatic carbocycles. The zero-order valence-corrected chi connectivity index (χ0v) is 16.5. The number of nitrogen functional groups attached to an aromatic ring is 1. The third-order valence-corrected chi connectivity index (χ3v) is 4.87. The van der Waals surface area contributed by atoms with Crippen molar-refractivity contribution in [2.24, 2.45) is 0 Å². The maximum absolute atomic E-state index is 12.7. The number of carbonyl (C=O) groups is 1. The minimum absolute atomic E-state index is 0.00141. The molecule has 4 rings (SSSR count). The van der Waals surface area contributed by atoms with Crippen LogP contribution >= 0.6 is 0 Å². The molecule has 1 aromatic heterocycles. The molecule has 150 valence electrons. The van der Waals surface area contributed by atoms with Gasteiger partial charge in [-0.1, -0.05) is 66.7 Å². The largest absolute Gasteiger partial charge is 0.393 e. The molecule has 0 radical (unpaired) electrons. The van der Waals surface area contributed by atoms with E-state index in [1.54, 1.807) is 6.07 Å². The lowest BCUT2D eigenvalue weighted by atomic mass is 10.0. The average Bonchev–Trinajstić information content (AvgIpc) is 2.79. The van der Waals surface area contributed by atoms with E-state index in [1.165, 1.54) is 6.33 Å². The summed E-state index contributed by atoms with van der Waals surface area (Å²) < 4.78 is 0. The van der Waals surface area contributed by atoms with Crippen molar-refractivity contribution in [1.82, 2.24) is 15.4 Å². The van der Waals surface area contributed by atoms with Gasteiger partial charge in [0.15, 0.2) is 11.6 Å². The summed E-state index contributed by atoms with van der Waals surface area (Å²) in [5, 5.41) is 5.14. The highest BCUT2D eigenvalue weighted by Gasteiger charge is 2.14. The van der Waals surface area contributed by atoms with Crippen molar-refractivity contribution >= 4 is 34.0 Å². The Morgan fingerprint density at radius 1 is 0.900 bits per heavy atom. The van der Waals surface area contributed by atoms with E-state index in [0.29, 0.717) is 22.9 Å². The molecule has 4 aromatic rings. The molecule has 5 N–H and O–H groups in total. The predicted octanol–water partition coefficient (Wildman–Crippen LogP) is 4.14. The van der Waals surface area contributed by atoms with Crippen LogP contribution in [0.3, 0.4) is 0 Å². The Kier molecular flexibility index (Phi) is 5.43. The van der Waals surface area contributed by atoms with Gasteiger partial charge in [0.1, 0.15) is 12.0 Å². The first-order valence-corrected chi connectivity index (χ1v) is 9.59. The molecule has 0 aliphatic rings. The Balaban J connectivity index is 1.49. The minimum Gasteiger partial charge on any atom is -0.393 e. The second-order valence-electron chi connectivity index (χ2n) is 6.87. The van der Waals surface area contributed by atoms with Gasteiger partial charge >= 0.3 is 0 Å². The smallest absolute Gasteiger partial charge is 0.270 e. The van der Waals surface area contributed by atoms with Gasteiger partial charge in [-0.2, -0.15) is 0 Å². The topological polar surface area (TPSA) is 105 Å². The molecule has 1 amide bonds. The van der Waals surface area contributed by atoms with Crippen LogP contribution in [0.4, 0.5) is 17.3 Å². The van der Waals surface area contributed by atoms with Gasteiger partial charge in [0.05, 0.1) is 6.04 Å². The summed E-state index contributed by atoms with van der Waals surface area (Å²) >= 11 is 0. The van der Waals surface area contributed by atoms with Crippen LogP contribution in [0, 0.1) is 0 Å². The number of hydrogen-bond donors (Lipinski definition) is 4. The Morgan fingerprint density at radius 2 is 1.60 bits per heavy atom. The van der Waals surface area contributed by atoms with Gasteiger partial charge in [0.25, 0.3) is 5.91 Å². The molecule has 1 heterocycles. The molecule has 30 heavy (non-hydrogen) atoms. The molecule has 0 aliphatic heterocycles. The third-order valence-electron chi connectivity index (χ3n) is 4.87. The van der Waals surface area contributed by atoms with Crippen molar-refractivity contribution in [3.05, 3.63) is 90.3 Å². The molecule has 1 unspecified atom stereocenters. The molecular weight excluding hydrogens is 376 g/mol. The highest BCUT2D eigenvalue weighted by molar-refractivity contribution is 6.07. The highest BCUT2D eigenvalue weighted by Crippen LogP contribution is 2.26. The second kappa shape index (κ2) is 8.48. The van der Waals surface area contributed by atoms with Crippen LogP contribution in [0.5, 0.6) is 0 Å². The predicted molar refractivity (Wildman–Crippen MR) is 120 cm³/mol. The number of rotatable bonds is 6. The third kappa shape index (κ3) is 4.00. The van der Waals surface area contributed by atoms with E-state index in [1.807, 2.05) is 73.7 Å². The van der Waals surface area contributed by atoms with Gasteiger partial charge in [0.2, 0.25) is 0 Å². The summed E-state index contributed by atoms with van der Waals surface area (Å²) in [5.74, 6) is 0.529. The lowest BCUT2D eigenvalue weighted by molar-refractivity contribution is 0.0964. The fraction of sp³-hybridized carbons (Fsp3) is 0.0870. The number of nitrogens with zero attached hydrogens (tertiary/aromatic N) is 2. The summed E-state index contributed by atoms with van der Waals surface area (Å²) in [6.07, 6.45) is 1.39. The van der Waals surface area contributed by atoms with Gasteiger partial charge in [-0.05, 0) is 29.3 Å². The van der Waals surface area contributed by atoms with Crippen LogP contribution in [-0.4, -0.2) is 15.9 Å². The maximum Gasteiger partial charge on any atom is 0.270 e. The number of amides is 1. The van der Waals surface area contributed by atoms with Crippen LogP contribution < -0.4 is 21.9 Å². The van der Waals surface area contributed by atoms with Crippen molar-refractivity contribution in [3.63, 3.8) is 0 Å². The zero-order valence-electron chi connectivity index (χ0n) is 16.5. The van der Waals surface area contributed by atoms with Crippen molar-refractivity contribution in [1.29, 1.82) is 0 Å². The number of hydrogen-bond acceptors (Lipinski definition) is 6. The standard InChI is InChI=1S/C23H22N6O/c1-15(16-8-3-2-4-9-16)27-21-20(24)22(26-14-25-21)28-29-23(30)19-13-7-11-17-10-5-6-12-18(17)19/h2-15H,24H2,1H3,(H,29,30)(H2,25,26,27,28).